The summed E-state index contributed by atoms with van der Waals surface area (Å²) in [4.78, 5) is 0.670. The van der Waals surface area contributed by atoms with Gasteiger partial charge in [-0.25, -0.2) is 0 Å². The number of thiophene rings is 1. The van der Waals surface area contributed by atoms with Gasteiger partial charge in [-0.2, -0.15) is 5.26 Å². The summed E-state index contributed by atoms with van der Waals surface area (Å²) >= 11 is 1.40. The van der Waals surface area contributed by atoms with Crippen LogP contribution in [-0.2, 0) is 13.0 Å². The highest BCUT2D eigenvalue weighted by Crippen LogP contribution is 2.32. The minimum Gasteiger partial charge on any atom is -0.508 e. The minimum absolute atomic E-state index is 0.286. The van der Waals surface area contributed by atoms with Crippen molar-refractivity contribution < 1.29 is 9.84 Å². The fraction of sp³-hybridized carbons (Fsp3) is 0.214. The highest BCUT2D eigenvalue weighted by Gasteiger charge is 2.15. The highest BCUT2D eigenvalue weighted by molar-refractivity contribution is 7.16. The Labute approximate surface area is 114 Å². The summed E-state index contributed by atoms with van der Waals surface area (Å²) in [7, 11) is 0. The van der Waals surface area contributed by atoms with Crippen LogP contribution in [0.2, 0.25) is 0 Å². The molecule has 1 aromatic carbocycles. The predicted molar refractivity (Wildman–Crippen MR) is 73.7 cm³/mol. The third-order valence-corrected chi connectivity index (χ3v) is 4.01. The molecule has 0 fully saturated rings. The number of fused-ring (bicyclic) bond motifs is 1. The van der Waals surface area contributed by atoms with Crippen molar-refractivity contribution in [3.8, 4) is 17.6 Å². The molecule has 2 N–H and O–H groups in total. The lowest BCUT2D eigenvalue weighted by molar-refractivity contribution is 0.356. The van der Waals surface area contributed by atoms with E-state index in [0.717, 1.165) is 28.3 Å². The zero-order chi connectivity index (χ0) is 13.2. The van der Waals surface area contributed by atoms with Crippen LogP contribution in [0.5, 0.6) is 11.5 Å². The Morgan fingerprint density at radius 2 is 2.32 bits per heavy atom. The summed E-state index contributed by atoms with van der Waals surface area (Å²) < 4.78 is 5.49. The summed E-state index contributed by atoms with van der Waals surface area (Å²) in [5, 5.41) is 22.8. The minimum atomic E-state index is 0.286. The number of hydrogen-bond acceptors (Lipinski definition) is 5. The van der Waals surface area contributed by atoms with Gasteiger partial charge in [0.1, 0.15) is 22.4 Å². The van der Waals surface area contributed by atoms with Crippen molar-refractivity contribution in [2.24, 2.45) is 0 Å². The van der Waals surface area contributed by atoms with Crippen LogP contribution in [0.4, 0.5) is 5.00 Å². The molecule has 1 aliphatic rings. The van der Waals surface area contributed by atoms with E-state index in [2.05, 4.69) is 11.4 Å². The van der Waals surface area contributed by atoms with E-state index < -0.39 is 0 Å². The Hall–Kier alpha value is -2.19. The molecule has 19 heavy (non-hydrogen) atoms. The first-order valence-corrected chi connectivity index (χ1v) is 6.79. The smallest absolute Gasteiger partial charge is 0.123 e. The van der Waals surface area contributed by atoms with Gasteiger partial charge in [0.2, 0.25) is 0 Å². The van der Waals surface area contributed by atoms with Crippen molar-refractivity contribution in [1.82, 2.24) is 0 Å². The number of rotatable bonds is 3. The van der Waals surface area contributed by atoms with Gasteiger partial charge in [-0.1, -0.05) is 0 Å². The van der Waals surface area contributed by atoms with Gasteiger partial charge in [0.25, 0.3) is 0 Å². The molecule has 0 spiro atoms. The Morgan fingerprint density at radius 3 is 3.11 bits per heavy atom. The first-order valence-electron chi connectivity index (χ1n) is 5.97. The second-order valence-corrected chi connectivity index (χ2v) is 5.40. The number of hydrogen-bond donors (Lipinski definition) is 2. The summed E-state index contributed by atoms with van der Waals surface area (Å²) in [6.45, 7) is 1.19. The predicted octanol–water partition coefficient (Wildman–Crippen LogP) is 2.87. The summed E-state index contributed by atoms with van der Waals surface area (Å²) in [5.41, 5.74) is 1.86. The number of nitrogens with zero attached hydrogens (tertiary/aromatic N) is 1. The topological polar surface area (TPSA) is 65.3 Å². The van der Waals surface area contributed by atoms with Crippen LogP contribution in [-0.4, -0.2) is 11.7 Å². The quantitative estimate of drug-likeness (QED) is 0.901. The van der Waals surface area contributed by atoms with E-state index in [1.807, 2.05) is 12.1 Å². The molecular weight excluding hydrogens is 260 g/mol. The van der Waals surface area contributed by atoms with Crippen molar-refractivity contribution in [3.63, 3.8) is 0 Å². The monoisotopic (exact) mass is 272 g/mol. The van der Waals surface area contributed by atoms with Gasteiger partial charge in [-0.05, 0) is 24.3 Å². The average molecular weight is 272 g/mol. The van der Waals surface area contributed by atoms with Gasteiger partial charge >= 0.3 is 0 Å². The molecule has 0 amide bonds. The van der Waals surface area contributed by atoms with Crippen LogP contribution in [0.1, 0.15) is 16.0 Å². The fourth-order valence-corrected chi connectivity index (χ4v) is 2.77. The van der Waals surface area contributed by atoms with E-state index in [-0.39, 0.29) is 5.75 Å². The first-order chi connectivity index (χ1) is 9.26. The molecule has 3 rings (SSSR count). The Bertz CT molecular complexity index is 658. The summed E-state index contributed by atoms with van der Waals surface area (Å²) in [6, 6.07) is 9.39. The van der Waals surface area contributed by atoms with E-state index in [1.165, 1.54) is 11.3 Å². The number of phenolic OH excluding ortho intramolecular Hbond substituents is 1. The average Bonchev–Trinajstić information content (AvgIpc) is 3.03. The summed E-state index contributed by atoms with van der Waals surface area (Å²) in [5.74, 6) is 1.15. The van der Waals surface area contributed by atoms with Crippen molar-refractivity contribution in [2.75, 3.05) is 11.9 Å². The van der Waals surface area contributed by atoms with Gasteiger partial charge < -0.3 is 15.2 Å². The van der Waals surface area contributed by atoms with Crippen LogP contribution in [0, 0.1) is 11.3 Å². The number of nitriles is 1. The van der Waals surface area contributed by atoms with Crippen molar-refractivity contribution in [3.05, 3.63) is 40.3 Å². The zero-order valence-electron chi connectivity index (χ0n) is 10.1. The fourth-order valence-electron chi connectivity index (χ4n) is 2.07. The van der Waals surface area contributed by atoms with Crippen LogP contribution in [0.25, 0.3) is 0 Å². The molecule has 2 heterocycles. The van der Waals surface area contributed by atoms with Crippen LogP contribution >= 0.6 is 11.3 Å². The molecular formula is C14H12N2O2S. The molecule has 2 aromatic rings. The molecule has 5 heteroatoms. The molecule has 1 aliphatic heterocycles. The Kier molecular flexibility index (Phi) is 3.02. The van der Waals surface area contributed by atoms with E-state index in [1.54, 1.807) is 12.1 Å². The Balaban J connectivity index is 1.75. The van der Waals surface area contributed by atoms with Crippen LogP contribution in [0.3, 0.4) is 0 Å². The largest absolute Gasteiger partial charge is 0.508 e. The van der Waals surface area contributed by atoms with Gasteiger partial charge in [-0.3, -0.25) is 0 Å². The molecule has 0 unspecified atom stereocenters. The van der Waals surface area contributed by atoms with E-state index in [4.69, 9.17) is 10.00 Å². The standard InChI is InChI=1S/C14H12N2O2S/c15-7-11-1-2-14(19-11)16-8-10-6-13-9(3-4-18-13)5-12(10)17/h1-2,5-6,16-17H,3-4,8H2. The third kappa shape index (κ3) is 2.35. The van der Waals surface area contributed by atoms with Gasteiger partial charge in [0.15, 0.2) is 0 Å². The maximum absolute atomic E-state index is 9.96. The SMILES string of the molecule is N#Cc1ccc(NCc2cc3c(cc2O)CCO3)s1. The van der Waals surface area contributed by atoms with Gasteiger partial charge in [0, 0.05) is 24.1 Å². The van der Waals surface area contributed by atoms with Crippen molar-refractivity contribution in [2.45, 2.75) is 13.0 Å². The van der Waals surface area contributed by atoms with E-state index >= 15 is 0 Å². The summed E-state index contributed by atoms with van der Waals surface area (Å²) in [6.07, 6.45) is 0.854. The van der Waals surface area contributed by atoms with Gasteiger partial charge in [0.05, 0.1) is 11.6 Å². The van der Waals surface area contributed by atoms with Gasteiger partial charge in [-0.15, -0.1) is 11.3 Å². The molecule has 1 aromatic heterocycles. The number of phenols is 1. The number of benzene rings is 1. The lowest BCUT2D eigenvalue weighted by atomic mass is 10.1. The van der Waals surface area contributed by atoms with Crippen LogP contribution in [0.15, 0.2) is 24.3 Å². The van der Waals surface area contributed by atoms with E-state index in [9.17, 15) is 5.11 Å². The molecule has 0 bridgehead atoms. The molecule has 0 saturated heterocycles. The van der Waals surface area contributed by atoms with Crippen LogP contribution < -0.4 is 10.1 Å². The van der Waals surface area contributed by atoms with Crippen molar-refractivity contribution in [1.29, 1.82) is 5.26 Å². The zero-order valence-corrected chi connectivity index (χ0v) is 11.0. The Morgan fingerprint density at radius 1 is 1.42 bits per heavy atom. The lowest BCUT2D eigenvalue weighted by Gasteiger charge is -2.08. The van der Waals surface area contributed by atoms with Crippen molar-refractivity contribution >= 4 is 16.3 Å². The molecule has 0 saturated carbocycles. The van der Waals surface area contributed by atoms with E-state index in [0.29, 0.717) is 18.0 Å². The number of nitrogens with one attached hydrogen (secondary N) is 1. The second kappa shape index (κ2) is 4.82. The maximum atomic E-state index is 9.96. The third-order valence-electron chi connectivity index (χ3n) is 3.06. The molecule has 0 aliphatic carbocycles. The highest BCUT2D eigenvalue weighted by atomic mass is 32.1. The number of aromatic hydroxyl groups is 1. The molecule has 0 atom stereocenters. The number of anilines is 1. The second-order valence-electron chi connectivity index (χ2n) is 4.32. The first kappa shape index (κ1) is 11.9. The molecule has 0 radical (unpaired) electrons. The molecule has 96 valence electrons. The lowest BCUT2D eigenvalue weighted by Crippen LogP contribution is -1.98. The molecule has 4 nitrogen and oxygen atoms in total. The normalized spacial score (nSPS) is 12.6. The number of ether oxygens (including phenoxy) is 1. The maximum Gasteiger partial charge on any atom is 0.123 e.